The summed E-state index contributed by atoms with van der Waals surface area (Å²) in [5.41, 5.74) is 7.90. The maximum Gasteiger partial charge on any atom is 0.162 e. The van der Waals surface area contributed by atoms with Gasteiger partial charge >= 0.3 is 0 Å². The van der Waals surface area contributed by atoms with Gasteiger partial charge in [-0.25, -0.2) is 9.97 Å². The zero-order valence-electron chi connectivity index (χ0n) is 29.0. The van der Waals surface area contributed by atoms with Gasteiger partial charge in [0.15, 0.2) is 5.82 Å². The highest BCUT2D eigenvalue weighted by atomic mass is 15.1. The first-order chi connectivity index (χ1) is 26.8. The van der Waals surface area contributed by atoms with E-state index in [1.807, 2.05) is 0 Å². The zero-order valence-corrected chi connectivity index (χ0v) is 29.0. The lowest BCUT2D eigenvalue weighted by Crippen LogP contribution is -2.03. The number of para-hydroxylation sites is 3. The molecule has 54 heavy (non-hydrogen) atoms. The Hall–Kier alpha value is -7.30. The molecule has 0 bridgehead atoms. The number of fused-ring (bicyclic) bond motifs is 15. The Morgan fingerprint density at radius 1 is 0.352 bits per heavy atom. The molecular weight excluding hydrogens is 657 g/mol. The molecule has 0 radical (unpaired) electrons. The van der Waals surface area contributed by atoms with E-state index in [0.717, 1.165) is 27.8 Å². The monoisotopic (exact) mass is 684 g/mol. The van der Waals surface area contributed by atoms with Crippen LogP contribution in [-0.2, 0) is 0 Å². The lowest BCUT2D eigenvalue weighted by atomic mass is 10.00. The molecule has 4 heterocycles. The van der Waals surface area contributed by atoms with E-state index in [2.05, 4.69) is 179 Å². The summed E-state index contributed by atoms with van der Waals surface area (Å²) >= 11 is 0. The van der Waals surface area contributed by atoms with Crippen molar-refractivity contribution in [1.29, 1.82) is 0 Å². The second-order valence-corrected chi connectivity index (χ2v) is 14.6. The van der Waals surface area contributed by atoms with Crippen LogP contribution in [0.15, 0.2) is 170 Å². The average Bonchev–Trinajstić information content (AvgIpc) is 3.86. The molecule has 9 aromatic carbocycles. The standard InChI is InChI=1S/C50H28N4/c1-2-13-32-27-45-39(25-31(32)12-1)41-28-40-35-15-6-9-19-43(35)53-44-20-10-7-17-37(44)46(47(40)53)48(41)54(45)50-36-16-5-8-18-42(36)51-49(52-50)33-24-23-30-22-21-29-11-3-4-14-34(29)38(30)26-33/h1-28H. The van der Waals surface area contributed by atoms with Crippen molar-refractivity contribution in [2.75, 3.05) is 0 Å². The number of rotatable bonds is 2. The molecule has 13 aromatic rings. The fourth-order valence-electron chi connectivity index (χ4n) is 9.41. The first kappa shape index (κ1) is 28.3. The number of benzene rings is 9. The normalized spacial score (nSPS) is 12.4. The molecule has 0 atom stereocenters. The van der Waals surface area contributed by atoms with E-state index in [1.54, 1.807) is 0 Å². The highest BCUT2D eigenvalue weighted by Gasteiger charge is 2.26. The van der Waals surface area contributed by atoms with Gasteiger partial charge in [0.25, 0.3) is 0 Å². The lowest BCUT2D eigenvalue weighted by Gasteiger charge is -2.14. The van der Waals surface area contributed by atoms with Crippen molar-refractivity contribution in [1.82, 2.24) is 18.9 Å². The molecule has 0 saturated carbocycles. The van der Waals surface area contributed by atoms with Gasteiger partial charge in [0.1, 0.15) is 5.82 Å². The Kier molecular flexibility index (Phi) is 5.34. The fourth-order valence-corrected chi connectivity index (χ4v) is 9.41. The van der Waals surface area contributed by atoms with Gasteiger partial charge in [-0.3, -0.25) is 4.57 Å². The third-order valence-corrected chi connectivity index (χ3v) is 11.8. The van der Waals surface area contributed by atoms with E-state index in [9.17, 15) is 0 Å². The molecule has 0 amide bonds. The van der Waals surface area contributed by atoms with E-state index >= 15 is 0 Å². The van der Waals surface area contributed by atoms with Crippen LogP contribution in [0, 0.1) is 0 Å². The smallest absolute Gasteiger partial charge is 0.162 e. The maximum atomic E-state index is 5.60. The summed E-state index contributed by atoms with van der Waals surface area (Å²) in [6.45, 7) is 0. The van der Waals surface area contributed by atoms with Crippen molar-refractivity contribution in [2.45, 2.75) is 0 Å². The van der Waals surface area contributed by atoms with Gasteiger partial charge in [-0.15, -0.1) is 0 Å². The summed E-state index contributed by atoms with van der Waals surface area (Å²) in [6, 6.07) is 61.7. The van der Waals surface area contributed by atoms with Crippen LogP contribution in [0.4, 0.5) is 0 Å². The third-order valence-electron chi connectivity index (χ3n) is 11.8. The van der Waals surface area contributed by atoms with Crippen LogP contribution in [0.2, 0.25) is 0 Å². The average molecular weight is 685 g/mol. The van der Waals surface area contributed by atoms with Crippen LogP contribution in [0.3, 0.4) is 0 Å². The highest BCUT2D eigenvalue weighted by Crippen LogP contribution is 2.47. The summed E-state index contributed by atoms with van der Waals surface area (Å²) in [5.74, 6) is 1.59. The molecule has 0 aliphatic rings. The highest BCUT2D eigenvalue weighted by molar-refractivity contribution is 6.34. The fraction of sp³-hybridized carbons (Fsp3) is 0. The second kappa shape index (κ2) is 10.2. The van der Waals surface area contributed by atoms with Crippen molar-refractivity contribution >= 4 is 103 Å². The van der Waals surface area contributed by atoms with E-state index < -0.39 is 0 Å². The lowest BCUT2D eigenvalue weighted by molar-refractivity contribution is 1.08. The summed E-state index contributed by atoms with van der Waals surface area (Å²) in [5, 5.41) is 15.8. The van der Waals surface area contributed by atoms with Gasteiger partial charge in [-0.2, -0.15) is 0 Å². The van der Waals surface area contributed by atoms with E-state index in [4.69, 9.17) is 9.97 Å². The maximum absolute atomic E-state index is 5.60. The van der Waals surface area contributed by atoms with Gasteiger partial charge in [-0.1, -0.05) is 121 Å². The molecule has 0 aliphatic heterocycles. The van der Waals surface area contributed by atoms with Crippen LogP contribution in [0.25, 0.3) is 120 Å². The Bertz CT molecular complexity index is 3740. The molecule has 0 N–H and O–H groups in total. The van der Waals surface area contributed by atoms with Crippen LogP contribution >= 0.6 is 0 Å². The van der Waals surface area contributed by atoms with Gasteiger partial charge in [0.05, 0.1) is 33.1 Å². The summed E-state index contributed by atoms with van der Waals surface area (Å²) < 4.78 is 4.91. The molecule has 248 valence electrons. The van der Waals surface area contributed by atoms with Crippen LogP contribution in [0.5, 0.6) is 0 Å². The van der Waals surface area contributed by atoms with Crippen molar-refractivity contribution in [2.24, 2.45) is 0 Å². The first-order valence-corrected chi connectivity index (χ1v) is 18.5. The summed E-state index contributed by atoms with van der Waals surface area (Å²) in [4.78, 5) is 10.8. The molecule has 4 heteroatoms. The third kappa shape index (κ3) is 3.61. The van der Waals surface area contributed by atoms with E-state index in [0.29, 0.717) is 5.82 Å². The van der Waals surface area contributed by atoms with Crippen LogP contribution in [0.1, 0.15) is 0 Å². The van der Waals surface area contributed by atoms with Crippen molar-refractivity contribution in [3.8, 4) is 17.2 Å². The predicted octanol–water partition coefficient (Wildman–Crippen LogP) is 13.0. The minimum Gasteiger partial charge on any atom is -0.308 e. The topological polar surface area (TPSA) is 35.1 Å². The molecule has 0 unspecified atom stereocenters. The van der Waals surface area contributed by atoms with Crippen molar-refractivity contribution in [3.63, 3.8) is 0 Å². The minimum absolute atomic E-state index is 0.710. The molecule has 0 fully saturated rings. The molecule has 4 nitrogen and oxygen atoms in total. The Balaban J connectivity index is 1.23. The Labute approximate surface area is 308 Å². The van der Waals surface area contributed by atoms with Crippen molar-refractivity contribution < 1.29 is 0 Å². The predicted molar refractivity (Wildman–Crippen MR) is 226 cm³/mol. The molecule has 13 rings (SSSR count). The van der Waals surface area contributed by atoms with Gasteiger partial charge < -0.3 is 4.40 Å². The Morgan fingerprint density at radius 2 is 0.963 bits per heavy atom. The minimum atomic E-state index is 0.710. The molecule has 0 saturated heterocycles. The van der Waals surface area contributed by atoms with Gasteiger partial charge in [-0.05, 0) is 80.8 Å². The van der Waals surface area contributed by atoms with Gasteiger partial charge in [0, 0.05) is 43.3 Å². The van der Waals surface area contributed by atoms with Gasteiger partial charge in [0.2, 0.25) is 0 Å². The molecule has 0 spiro atoms. The Morgan fingerprint density at radius 3 is 1.80 bits per heavy atom. The molecular formula is C50H28N4. The first-order valence-electron chi connectivity index (χ1n) is 18.5. The number of hydrogen-bond acceptors (Lipinski definition) is 2. The van der Waals surface area contributed by atoms with Crippen LogP contribution < -0.4 is 0 Å². The second-order valence-electron chi connectivity index (χ2n) is 14.6. The molecule has 4 aromatic heterocycles. The quantitative estimate of drug-likeness (QED) is 0.170. The van der Waals surface area contributed by atoms with Crippen molar-refractivity contribution in [3.05, 3.63) is 170 Å². The summed E-state index contributed by atoms with van der Waals surface area (Å²) in [7, 11) is 0. The number of nitrogens with zero attached hydrogens (tertiary/aromatic N) is 4. The number of hydrogen-bond donors (Lipinski definition) is 0. The molecule has 0 aliphatic carbocycles. The largest absolute Gasteiger partial charge is 0.308 e. The number of aromatic nitrogens is 4. The van der Waals surface area contributed by atoms with E-state index in [1.165, 1.54) is 86.7 Å². The SMILES string of the molecule is c1ccc2cc3c(cc2c1)c1cc2c4ccccc4n4c5ccccc5c(c1n3-c1nc(-c3ccc5ccc6ccccc6c5c3)nc3ccccc13)c24. The van der Waals surface area contributed by atoms with Crippen LogP contribution in [-0.4, -0.2) is 18.9 Å². The summed E-state index contributed by atoms with van der Waals surface area (Å²) in [6.07, 6.45) is 0. The van der Waals surface area contributed by atoms with E-state index in [-0.39, 0.29) is 0 Å². The zero-order chi connectivity index (χ0) is 35.1.